The predicted molar refractivity (Wildman–Crippen MR) is 98.6 cm³/mol. The molecule has 0 bridgehead atoms. The summed E-state index contributed by atoms with van der Waals surface area (Å²) < 4.78 is 5.25. The van der Waals surface area contributed by atoms with Gasteiger partial charge in [0.1, 0.15) is 0 Å². The molecule has 0 atom stereocenters. The maximum atomic E-state index is 12.5. The van der Waals surface area contributed by atoms with Crippen molar-refractivity contribution in [3.63, 3.8) is 0 Å². The van der Waals surface area contributed by atoms with Crippen LogP contribution in [0.15, 0.2) is 48.5 Å². The van der Waals surface area contributed by atoms with Gasteiger partial charge in [0.15, 0.2) is 0 Å². The van der Waals surface area contributed by atoms with E-state index in [9.17, 15) is 19.7 Å². The minimum atomic E-state index is -0.498. The summed E-state index contributed by atoms with van der Waals surface area (Å²) in [5.41, 5.74) is 1.48. The van der Waals surface area contributed by atoms with Crippen LogP contribution in [0.25, 0.3) is 0 Å². The van der Waals surface area contributed by atoms with Crippen molar-refractivity contribution in [1.82, 2.24) is 4.90 Å². The molecule has 1 aliphatic rings. The highest BCUT2D eigenvalue weighted by Crippen LogP contribution is 2.16. The number of amides is 2. The quantitative estimate of drug-likeness (QED) is 0.643. The highest BCUT2D eigenvalue weighted by Gasteiger charge is 2.19. The van der Waals surface area contributed by atoms with E-state index in [0.717, 1.165) is 0 Å². The lowest BCUT2D eigenvalue weighted by molar-refractivity contribution is -0.384. The number of rotatable bonds is 5. The van der Waals surface area contributed by atoms with Gasteiger partial charge in [0.25, 0.3) is 11.6 Å². The second-order valence-electron chi connectivity index (χ2n) is 6.14. The summed E-state index contributed by atoms with van der Waals surface area (Å²) in [5, 5.41) is 13.6. The molecule has 2 aromatic rings. The Bertz CT molecular complexity index is 862. The van der Waals surface area contributed by atoms with Crippen molar-refractivity contribution in [3.05, 3.63) is 69.8 Å². The Balaban J connectivity index is 1.65. The molecule has 27 heavy (non-hydrogen) atoms. The minimum Gasteiger partial charge on any atom is -0.378 e. The van der Waals surface area contributed by atoms with Crippen LogP contribution in [-0.4, -0.2) is 47.9 Å². The van der Waals surface area contributed by atoms with E-state index < -0.39 is 4.92 Å². The van der Waals surface area contributed by atoms with Crippen LogP contribution in [-0.2, 0) is 16.0 Å². The molecule has 2 aromatic carbocycles. The maximum Gasteiger partial charge on any atom is 0.269 e. The summed E-state index contributed by atoms with van der Waals surface area (Å²) in [4.78, 5) is 36.8. The predicted octanol–water partition coefficient (Wildman–Crippen LogP) is 2.25. The Morgan fingerprint density at radius 2 is 1.85 bits per heavy atom. The molecule has 1 heterocycles. The van der Waals surface area contributed by atoms with Gasteiger partial charge in [0.05, 0.1) is 24.6 Å². The third-order valence-corrected chi connectivity index (χ3v) is 4.18. The molecule has 1 fully saturated rings. The van der Waals surface area contributed by atoms with E-state index in [1.807, 2.05) is 0 Å². The van der Waals surface area contributed by atoms with Crippen LogP contribution >= 0.6 is 0 Å². The van der Waals surface area contributed by atoms with Crippen LogP contribution in [0.1, 0.15) is 15.9 Å². The number of anilines is 1. The zero-order chi connectivity index (χ0) is 19.2. The fraction of sp³-hybridized carbons (Fsp3) is 0.263. The molecule has 0 unspecified atom stereocenters. The first-order chi connectivity index (χ1) is 13.0. The molecule has 0 aromatic heterocycles. The molecule has 3 rings (SSSR count). The number of carbonyl (C=O) groups excluding carboxylic acids is 2. The van der Waals surface area contributed by atoms with Gasteiger partial charge in [-0.2, -0.15) is 0 Å². The van der Waals surface area contributed by atoms with Gasteiger partial charge in [0, 0.05) is 36.5 Å². The van der Waals surface area contributed by atoms with Gasteiger partial charge >= 0.3 is 0 Å². The van der Waals surface area contributed by atoms with Crippen LogP contribution < -0.4 is 5.32 Å². The molecule has 1 N–H and O–H groups in total. The first kappa shape index (κ1) is 18.5. The molecular weight excluding hydrogens is 350 g/mol. The Labute approximate surface area is 155 Å². The number of nitro groups is 1. The Kier molecular flexibility index (Phi) is 5.77. The second-order valence-corrected chi connectivity index (χ2v) is 6.14. The van der Waals surface area contributed by atoms with E-state index in [4.69, 9.17) is 4.74 Å². The molecular formula is C19H19N3O5. The summed E-state index contributed by atoms with van der Waals surface area (Å²) in [5.74, 6) is -0.417. The number of morpholine rings is 1. The molecule has 1 saturated heterocycles. The van der Waals surface area contributed by atoms with Crippen LogP contribution in [0.4, 0.5) is 11.4 Å². The highest BCUT2D eigenvalue weighted by molar-refractivity contribution is 5.97. The Morgan fingerprint density at radius 1 is 1.11 bits per heavy atom. The Morgan fingerprint density at radius 3 is 2.59 bits per heavy atom. The van der Waals surface area contributed by atoms with Crippen molar-refractivity contribution >= 4 is 23.2 Å². The third-order valence-electron chi connectivity index (χ3n) is 4.18. The van der Waals surface area contributed by atoms with Gasteiger partial charge in [-0.3, -0.25) is 19.7 Å². The normalized spacial score (nSPS) is 13.9. The number of nitro benzene ring substituents is 1. The fourth-order valence-electron chi connectivity index (χ4n) is 2.85. The average Bonchev–Trinajstić information content (AvgIpc) is 2.68. The topological polar surface area (TPSA) is 102 Å². The largest absolute Gasteiger partial charge is 0.378 e. The van der Waals surface area contributed by atoms with Gasteiger partial charge in [-0.15, -0.1) is 0 Å². The molecule has 0 aliphatic carbocycles. The average molecular weight is 369 g/mol. The van der Waals surface area contributed by atoms with Gasteiger partial charge in [0.2, 0.25) is 5.91 Å². The third kappa shape index (κ3) is 4.89. The standard InChI is InChI=1S/C19H19N3O5/c23-18(12-14-3-1-6-17(11-14)22(25)26)20-16-5-2-4-15(13-16)19(24)21-7-9-27-10-8-21/h1-6,11,13H,7-10,12H2,(H,20,23). The summed E-state index contributed by atoms with van der Waals surface area (Å²) in [6, 6.07) is 12.7. The van der Waals surface area contributed by atoms with Gasteiger partial charge in [-0.25, -0.2) is 0 Å². The summed E-state index contributed by atoms with van der Waals surface area (Å²) in [7, 11) is 0. The van der Waals surface area contributed by atoms with Crippen molar-refractivity contribution in [2.75, 3.05) is 31.6 Å². The molecule has 0 saturated carbocycles. The van der Waals surface area contributed by atoms with E-state index in [1.165, 1.54) is 12.1 Å². The van der Waals surface area contributed by atoms with Crippen LogP contribution in [0.5, 0.6) is 0 Å². The maximum absolute atomic E-state index is 12.5. The van der Waals surface area contributed by atoms with Gasteiger partial charge < -0.3 is 15.0 Å². The summed E-state index contributed by atoms with van der Waals surface area (Å²) in [6.07, 6.45) is 0.00329. The first-order valence-electron chi connectivity index (χ1n) is 8.53. The highest BCUT2D eigenvalue weighted by atomic mass is 16.6. The number of nitrogens with one attached hydrogen (secondary N) is 1. The number of non-ortho nitro benzene ring substituents is 1. The number of benzene rings is 2. The van der Waals surface area contributed by atoms with Crippen LogP contribution in [0.3, 0.4) is 0 Å². The molecule has 1 aliphatic heterocycles. The zero-order valence-electron chi connectivity index (χ0n) is 14.6. The molecule has 2 amide bonds. The van der Waals surface area contributed by atoms with E-state index in [2.05, 4.69) is 5.32 Å². The number of hydrogen-bond donors (Lipinski definition) is 1. The van der Waals surface area contributed by atoms with Crippen molar-refractivity contribution in [2.24, 2.45) is 0 Å². The summed E-state index contributed by atoms with van der Waals surface area (Å²) in [6.45, 7) is 2.13. The lowest BCUT2D eigenvalue weighted by atomic mass is 10.1. The fourth-order valence-corrected chi connectivity index (χ4v) is 2.85. The van der Waals surface area contributed by atoms with Crippen molar-refractivity contribution in [3.8, 4) is 0 Å². The first-order valence-corrected chi connectivity index (χ1v) is 8.53. The van der Waals surface area contributed by atoms with Crippen molar-refractivity contribution in [2.45, 2.75) is 6.42 Å². The number of ether oxygens (including phenoxy) is 1. The monoisotopic (exact) mass is 369 g/mol. The number of carbonyl (C=O) groups is 2. The van der Waals surface area contributed by atoms with E-state index in [1.54, 1.807) is 41.3 Å². The van der Waals surface area contributed by atoms with Crippen LogP contribution in [0, 0.1) is 10.1 Å². The molecule has 8 nitrogen and oxygen atoms in total. The molecule has 140 valence electrons. The lowest BCUT2D eigenvalue weighted by Gasteiger charge is -2.27. The zero-order valence-corrected chi connectivity index (χ0v) is 14.6. The molecule has 0 spiro atoms. The minimum absolute atomic E-state index is 0.00329. The van der Waals surface area contributed by atoms with Crippen molar-refractivity contribution in [1.29, 1.82) is 0 Å². The van der Waals surface area contributed by atoms with Crippen molar-refractivity contribution < 1.29 is 19.2 Å². The Hall–Kier alpha value is -3.26. The smallest absolute Gasteiger partial charge is 0.269 e. The number of hydrogen-bond acceptors (Lipinski definition) is 5. The second kappa shape index (κ2) is 8.41. The van der Waals surface area contributed by atoms with E-state index in [-0.39, 0.29) is 23.9 Å². The molecule has 0 radical (unpaired) electrons. The SMILES string of the molecule is O=C(Cc1cccc([N+](=O)[O-])c1)Nc1cccc(C(=O)N2CCOCC2)c1. The van der Waals surface area contributed by atoms with Gasteiger partial charge in [-0.05, 0) is 23.8 Å². The molecule has 8 heteroatoms. The lowest BCUT2D eigenvalue weighted by Crippen LogP contribution is -2.40. The van der Waals surface area contributed by atoms with Gasteiger partial charge in [-0.1, -0.05) is 18.2 Å². The summed E-state index contributed by atoms with van der Waals surface area (Å²) >= 11 is 0. The van der Waals surface area contributed by atoms with E-state index >= 15 is 0 Å². The number of nitrogens with zero attached hydrogens (tertiary/aromatic N) is 2. The van der Waals surface area contributed by atoms with Crippen LogP contribution in [0.2, 0.25) is 0 Å². The van der Waals surface area contributed by atoms with E-state index in [0.29, 0.717) is 43.1 Å².